The van der Waals surface area contributed by atoms with Gasteiger partial charge in [-0.1, -0.05) is 19.9 Å². The first kappa shape index (κ1) is 15.3. The summed E-state index contributed by atoms with van der Waals surface area (Å²) in [4.78, 5) is 0. The van der Waals surface area contributed by atoms with Crippen molar-refractivity contribution in [3.63, 3.8) is 0 Å². The second-order valence-corrected chi connectivity index (χ2v) is 5.90. The lowest BCUT2D eigenvalue weighted by molar-refractivity contribution is -0.140. The molecular formula is C15H19F4N. The Kier molecular flexibility index (Phi) is 4.09. The first-order valence-corrected chi connectivity index (χ1v) is 6.87. The maximum Gasteiger partial charge on any atom is 0.419 e. The normalized spacial score (nSPS) is 23.6. The minimum absolute atomic E-state index is 0.347. The highest BCUT2D eigenvalue weighted by Crippen LogP contribution is 2.40. The smallest absolute Gasteiger partial charge is 0.307 e. The van der Waals surface area contributed by atoms with Gasteiger partial charge in [-0.15, -0.1) is 0 Å². The lowest BCUT2D eigenvalue weighted by atomic mass is 9.80. The molecule has 1 nitrogen and oxygen atoms in total. The van der Waals surface area contributed by atoms with E-state index in [1.165, 1.54) is 6.07 Å². The monoisotopic (exact) mass is 289 g/mol. The summed E-state index contributed by atoms with van der Waals surface area (Å²) in [6.45, 7) is 4.86. The van der Waals surface area contributed by atoms with Crippen LogP contribution >= 0.6 is 0 Å². The summed E-state index contributed by atoms with van der Waals surface area (Å²) in [5.41, 5.74) is -1.09. The van der Waals surface area contributed by atoms with E-state index in [1.54, 1.807) is 0 Å². The third-order valence-electron chi connectivity index (χ3n) is 3.82. The van der Waals surface area contributed by atoms with Crippen molar-refractivity contribution in [1.82, 2.24) is 5.32 Å². The maximum atomic E-state index is 13.4. The van der Waals surface area contributed by atoms with Gasteiger partial charge in [0.2, 0.25) is 0 Å². The van der Waals surface area contributed by atoms with Crippen LogP contribution in [0.15, 0.2) is 18.2 Å². The van der Waals surface area contributed by atoms with Crippen LogP contribution in [-0.2, 0) is 11.7 Å². The van der Waals surface area contributed by atoms with Crippen molar-refractivity contribution < 1.29 is 17.6 Å². The van der Waals surface area contributed by atoms with Gasteiger partial charge in [-0.2, -0.15) is 13.2 Å². The molecule has 1 unspecified atom stereocenters. The predicted molar refractivity (Wildman–Crippen MR) is 69.8 cm³/mol. The van der Waals surface area contributed by atoms with E-state index in [2.05, 4.69) is 5.32 Å². The topological polar surface area (TPSA) is 12.0 Å². The molecule has 0 spiro atoms. The summed E-state index contributed by atoms with van der Waals surface area (Å²) in [5.74, 6) is -0.862. The van der Waals surface area contributed by atoms with Gasteiger partial charge in [0.1, 0.15) is 5.82 Å². The number of hydrogen-bond donors (Lipinski definition) is 1. The maximum absolute atomic E-state index is 13.4. The Labute approximate surface area is 116 Å². The molecule has 0 aromatic heterocycles. The van der Waals surface area contributed by atoms with Crippen LogP contribution in [-0.4, -0.2) is 6.54 Å². The summed E-state index contributed by atoms with van der Waals surface area (Å²) in [6.07, 6.45) is -2.20. The van der Waals surface area contributed by atoms with Gasteiger partial charge in [0, 0.05) is 5.54 Å². The van der Waals surface area contributed by atoms with Crippen LogP contribution in [0.2, 0.25) is 0 Å². The summed E-state index contributed by atoms with van der Waals surface area (Å²) >= 11 is 0. The van der Waals surface area contributed by atoms with Crippen LogP contribution in [0.4, 0.5) is 17.6 Å². The Morgan fingerprint density at radius 1 is 1.30 bits per heavy atom. The Morgan fingerprint density at radius 2 is 2.00 bits per heavy atom. The van der Waals surface area contributed by atoms with E-state index in [4.69, 9.17) is 0 Å². The minimum atomic E-state index is -4.66. The van der Waals surface area contributed by atoms with Crippen molar-refractivity contribution in [2.45, 2.75) is 44.8 Å². The van der Waals surface area contributed by atoms with E-state index >= 15 is 0 Å². The van der Waals surface area contributed by atoms with Crippen molar-refractivity contribution in [3.05, 3.63) is 35.1 Å². The first-order valence-electron chi connectivity index (χ1n) is 6.87. The Bertz CT molecular complexity index is 473. The first-order chi connectivity index (χ1) is 9.24. The lowest BCUT2D eigenvalue weighted by Gasteiger charge is -2.32. The van der Waals surface area contributed by atoms with E-state index in [-0.39, 0.29) is 0 Å². The number of benzene rings is 1. The summed E-state index contributed by atoms with van der Waals surface area (Å²) in [6, 6.07) is 3.38. The zero-order valence-electron chi connectivity index (χ0n) is 11.6. The molecular weight excluding hydrogens is 270 g/mol. The fraction of sp³-hybridized carbons (Fsp3) is 0.600. The van der Waals surface area contributed by atoms with Crippen LogP contribution in [0.5, 0.6) is 0 Å². The van der Waals surface area contributed by atoms with E-state index in [0.29, 0.717) is 11.5 Å². The van der Waals surface area contributed by atoms with Crippen LogP contribution in [0, 0.1) is 11.7 Å². The van der Waals surface area contributed by atoms with Crippen LogP contribution in [0.1, 0.15) is 44.2 Å². The molecule has 1 N–H and O–H groups in total. The Hall–Kier alpha value is -1.10. The van der Waals surface area contributed by atoms with E-state index < -0.39 is 23.1 Å². The average Bonchev–Trinajstić information content (AvgIpc) is 2.76. The van der Waals surface area contributed by atoms with Crippen LogP contribution in [0.25, 0.3) is 0 Å². The molecule has 0 bridgehead atoms. The van der Waals surface area contributed by atoms with Crippen molar-refractivity contribution in [2.24, 2.45) is 5.92 Å². The predicted octanol–water partition coefficient (Wildman–Crippen LogP) is 4.47. The molecule has 1 heterocycles. The molecule has 1 aromatic carbocycles. The van der Waals surface area contributed by atoms with Gasteiger partial charge in [-0.25, -0.2) is 4.39 Å². The van der Waals surface area contributed by atoms with Gasteiger partial charge < -0.3 is 5.32 Å². The Morgan fingerprint density at radius 3 is 2.50 bits per heavy atom. The molecule has 20 heavy (non-hydrogen) atoms. The van der Waals surface area contributed by atoms with E-state index in [9.17, 15) is 17.6 Å². The van der Waals surface area contributed by atoms with Crippen molar-refractivity contribution in [1.29, 1.82) is 0 Å². The third-order valence-corrected chi connectivity index (χ3v) is 3.82. The molecule has 1 aromatic rings. The molecule has 0 aliphatic carbocycles. The highest BCUT2D eigenvalue weighted by Gasteiger charge is 2.39. The lowest BCUT2D eigenvalue weighted by Crippen LogP contribution is -2.38. The summed E-state index contributed by atoms with van der Waals surface area (Å²) in [7, 11) is 0. The average molecular weight is 289 g/mol. The number of hydrogen-bond acceptors (Lipinski definition) is 1. The molecule has 112 valence electrons. The second-order valence-electron chi connectivity index (χ2n) is 5.90. The van der Waals surface area contributed by atoms with Crippen LogP contribution in [0.3, 0.4) is 0 Å². The van der Waals surface area contributed by atoms with E-state index in [1.807, 2.05) is 13.8 Å². The number of nitrogens with one attached hydrogen (secondary N) is 1. The number of halogens is 4. The number of rotatable bonds is 3. The van der Waals surface area contributed by atoms with Gasteiger partial charge in [0.25, 0.3) is 0 Å². The van der Waals surface area contributed by atoms with Gasteiger partial charge in [0.05, 0.1) is 5.56 Å². The molecule has 1 aliphatic rings. The highest BCUT2D eigenvalue weighted by molar-refractivity contribution is 5.33. The Balaban J connectivity index is 2.45. The number of alkyl halides is 3. The summed E-state index contributed by atoms with van der Waals surface area (Å²) < 4.78 is 51.9. The molecule has 1 saturated heterocycles. The highest BCUT2D eigenvalue weighted by atomic mass is 19.4. The minimum Gasteiger partial charge on any atom is -0.307 e. The molecule has 0 amide bonds. The van der Waals surface area contributed by atoms with Crippen LogP contribution < -0.4 is 5.32 Å². The second kappa shape index (κ2) is 5.35. The van der Waals surface area contributed by atoms with Crippen molar-refractivity contribution >= 4 is 0 Å². The van der Waals surface area contributed by atoms with Gasteiger partial charge in [0.15, 0.2) is 0 Å². The molecule has 1 aliphatic heterocycles. The van der Waals surface area contributed by atoms with Crippen molar-refractivity contribution in [3.8, 4) is 0 Å². The fourth-order valence-electron chi connectivity index (χ4n) is 3.08. The standard InChI is InChI=1S/C15H19F4N/c1-10(2)9-14(6-3-7-20-14)11-4-5-13(16)12(8-11)15(17,18)19/h4-5,8,10,20H,3,6-7,9H2,1-2H3. The molecule has 2 rings (SSSR count). The zero-order valence-corrected chi connectivity index (χ0v) is 11.6. The molecule has 1 fully saturated rings. The molecule has 1 atom stereocenters. The van der Waals surface area contributed by atoms with Gasteiger partial charge in [-0.3, -0.25) is 0 Å². The van der Waals surface area contributed by atoms with E-state index in [0.717, 1.165) is 37.9 Å². The third kappa shape index (κ3) is 2.97. The quantitative estimate of drug-likeness (QED) is 0.810. The van der Waals surface area contributed by atoms with Gasteiger partial charge >= 0.3 is 6.18 Å². The molecule has 5 heteroatoms. The van der Waals surface area contributed by atoms with Gasteiger partial charge in [-0.05, 0) is 49.4 Å². The fourth-order valence-corrected chi connectivity index (χ4v) is 3.08. The summed E-state index contributed by atoms with van der Waals surface area (Å²) in [5, 5.41) is 3.33. The zero-order chi connectivity index (χ0) is 15.0. The SMILES string of the molecule is CC(C)CC1(c2ccc(F)c(C(F)(F)F)c2)CCCN1. The molecule has 0 saturated carbocycles. The largest absolute Gasteiger partial charge is 0.419 e. The van der Waals surface area contributed by atoms with Crippen molar-refractivity contribution in [2.75, 3.05) is 6.54 Å². The molecule has 0 radical (unpaired) electrons.